The van der Waals surface area contributed by atoms with Crippen molar-refractivity contribution in [2.75, 3.05) is 0 Å². The summed E-state index contributed by atoms with van der Waals surface area (Å²) >= 11 is 0. The Hall–Kier alpha value is -8.93. The standard InChI is InChI=1S/C62H38N4O/c1-3-15-38(16-4-1)39-27-29-40(30-28-39)60-63-61(43-31-32-47-46-22-11-13-25-54(46)66(55(47)37-43)44-19-5-2-6-20-44)65-62(64-60)58-51(34-33-50-48-23-12-14-26-56(48)67-59(50)58)57-49-24-10-9-21-45(49)52-35-41-17-7-8-18-42(41)36-53(52)57/h1-37,57H. The van der Waals surface area contributed by atoms with Crippen LogP contribution in [-0.2, 0) is 0 Å². The molecule has 0 aliphatic heterocycles. The highest BCUT2D eigenvalue weighted by Gasteiger charge is 2.34. The van der Waals surface area contributed by atoms with E-state index < -0.39 is 0 Å². The monoisotopic (exact) mass is 854 g/mol. The fourth-order valence-corrected chi connectivity index (χ4v) is 10.7. The molecule has 1 unspecified atom stereocenters. The number of hydrogen-bond donors (Lipinski definition) is 0. The zero-order valence-corrected chi connectivity index (χ0v) is 36.1. The highest BCUT2D eigenvalue weighted by Crippen LogP contribution is 2.52. The Morgan fingerprint density at radius 2 is 0.955 bits per heavy atom. The molecule has 0 saturated heterocycles. The van der Waals surface area contributed by atoms with Crippen molar-refractivity contribution in [3.63, 3.8) is 0 Å². The summed E-state index contributed by atoms with van der Waals surface area (Å²) in [7, 11) is 0. The molecule has 0 bridgehead atoms. The van der Waals surface area contributed by atoms with Gasteiger partial charge in [-0.2, -0.15) is 0 Å². The van der Waals surface area contributed by atoms with Crippen LogP contribution in [0.15, 0.2) is 229 Å². The molecular formula is C62H38N4O. The number of fused-ring (bicyclic) bond motifs is 10. The minimum Gasteiger partial charge on any atom is -0.455 e. The second-order valence-electron chi connectivity index (χ2n) is 17.5. The van der Waals surface area contributed by atoms with Crippen LogP contribution < -0.4 is 0 Å². The quantitative estimate of drug-likeness (QED) is 0.167. The molecule has 5 heteroatoms. The summed E-state index contributed by atoms with van der Waals surface area (Å²) in [6, 6.07) is 79.8. The van der Waals surface area contributed by atoms with E-state index in [1.165, 1.54) is 38.4 Å². The molecule has 3 heterocycles. The lowest BCUT2D eigenvalue weighted by Crippen LogP contribution is -2.06. The third-order valence-corrected chi connectivity index (χ3v) is 13.7. The normalized spacial score (nSPS) is 13.2. The van der Waals surface area contributed by atoms with Crippen molar-refractivity contribution in [1.29, 1.82) is 0 Å². The minimum absolute atomic E-state index is 0.116. The SMILES string of the molecule is c1ccc(-c2ccc(-c3nc(-c4ccc5c6ccccc6n(-c6ccccc6)c5c4)nc(-c4c(C5c6ccccc6-c6cc7ccccc7cc65)ccc5c4oc4ccccc45)n3)cc2)cc1. The number of benzene rings is 10. The van der Waals surface area contributed by atoms with Crippen LogP contribution in [0.4, 0.5) is 0 Å². The molecular weight excluding hydrogens is 817 g/mol. The summed E-state index contributed by atoms with van der Waals surface area (Å²) in [5, 5.41) is 6.84. The second-order valence-corrected chi connectivity index (χ2v) is 17.5. The van der Waals surface area contributed by atoms with Crippen LogP contribution in [0.3, 0.4) is 0 Å². The summed E-state index contributed by atoms with van der Waals surface area (Å²) in [5.74, 6) is 1.61. The maximum atomic E-state index is 6.99. The lowest BCUT2D eigenvalue weighted by atomic mass is 9.84. The molecule has 0 radical (unpaired) electrons. The van der Waals surface area contributed by atoms with E-state index in [0.717, 1.165) is 77.4 Å². The Kier molecular flexibility index (Phi) is 8.28. The van der Waals surface area contributed by atoms with Gasteiger partial charge in [0.2, 0.25) is 0 Å². The van der Waals surface area contributed by atoms with Crippen molar-refractivity contribution in [2.24, 2.45) is 0 Å². The molecule has 10 aromatic carbocycles. The Morgan fingerprint density at radius 1 is 0.358 bits per heavy atom. The molecule has 1 aliphatic rings. The van der Waals surface area contributed by atoms with Crippen molar-refractivity contribution < 1.29 is 4.42 Å². The van der Waals surface area contributed by atoms with Gasteiger partial charge in [0.15, 0.2) is 17.5 Å². The first kappa shape index (κ1) is 37.4. The number of furan rings is 1. The molecule has 312 valence electrons. The number of para-hydroxylation sites is 3. The van der Waals surface area contributed by atoms with E-state index in [1.54, 1.807) is 0 Å². The summed E-state index contributed by atoms with van der Waals surface area (Å²) in [6.07, 6.45) is 0. The van der Waals surface area contributed by atoms with Crippen LogP contribution in [0.1, 0.15) is 22.6 Å². The molecule has 5 nitrogen and oxygen atoms in total. The van der Waals surface area contributed by atoms with Crippen molar-refractivity contribution in [2.45, 2.75) is 5.92 Å². The van der Waals surface area contributed by atoms with Gasteiger partial charge in [-0.25, -0.2) is 15.0 Å². The zero-order valence-electron chi connectivity index (χ0n) is 36.1. The van der Waals surface area contributed by atoms with Gasteiger partial charge in [0.1, 0.15) is 11.2 Å². The predicted octanol–water partition coefficient (Wildman–Crippen LogP) is 15.8. The highest BCUT2D eigenvalue weighted by molar-refractivity contribution is 6.11. The molecule has 0 saturated carbocycles. The van der Waals surface area contributed by atoms with Gasteiger partial charge in [-0.3, -0.25) is 0 Å². The number of hydrogen-bond acceptors (Lipinski definition) is 4. The van der Waals surface area contributed by atoms with Gasteiger partial charge in [-0.1, -0.05) is 182 Å². The summed E-state index contributed by atoms with van der Waals surface area (Å²) in [4.78, 5) is 16.4. The summed E-state index contributed by atoms with van der Waals surface area (Å²) in [6.45, 7) is 0. The fourth-order valence-electron chi connectivity index (χ4n) is 10.7. The van der Waals surface area contributed by atoms with E-state index >= 15 is 0 Å². The average molecular weight is 855 g/mol. The molecule has 3 aromatic heterocycles. The molecule has 67 heavy (non-hydrogen) atoms. The number of nitrogens with zero attached hydrogens (tertiary/aromatic N) is 4. The third kappa shape index (κ3) is 5.91. The summed E-state index contributed by atoms with van der Waals surface area (Å²) < 4.78 is 9.33. The lowest BCUT2D eigenvalue weighted by molar-refractivity contribution is 0.668. The van der Waals surface area contributed by atoms with E-state index in [4.69, 9.17) is 19.4 Å². The van der Waals surface area contributed by atoms with Gasteiger partial charge in [0.25, 0.3) is 0 Å². The van der Waals surface area contributed by atoms with E-state index in [1.807, 2.05) is 18.2 Å². The highest BCUT2D eigenvalue weighted by atomic mass is 16.3. The van der Waals surface area contributed by atoms with Gasteiger partial charge in [0.05, 0.1) is 16.6 Å². The Bertz CT molecular complexity index is 4090. The number of rotatable bonds is 6. The van der Waals surface area contributed by atoms with Crippen LogP contribution in [0.2, 0.25) is 0 Å². The zero-order chi connectivity index (χ0) is 44.0. The molecule has 14 rings (SSSR count). The maximum absolute atomic E-state index is 6.99. The van der Waals surface area contributed by atoms with Crippen LogP contribution in [0.5, 0.6) is 0 Å². The smallest absolute Gasteiger partial charge is 0.168 e. The van der Waals surface area contributed by atoms with Crippen molar-refractivity contribution >= 4 is 54.5 Å². The van der Waals surface area contributed by atoms with Crippen LogP contribution in [0, 0.1) is 0 Å². The van der Waals surface area contributed by atoms with Crippen molar-refractivity contribution in [1.82, 2.24) is 19.5 Å². The third-order valence-electron chi connectivity index (χ3n) is 13.7. The van der Waals surface area contributed by atoms with Gasteiger partial charge in [-0.05, 0) is 92.2 Å². The van der Waals surface area contributed by atoms with E-state index in [-0.39, 0.29) is 5.92 Å². The Balaban J connectivity index is 1.05. The van der Waals surface area contributed by atoms with Crippen LogP contribution in [0.25, 0.3) is 117 Å². The number of aromatic nitrogens is 4. The van der Waals surface area contributed by atoms with E-state index in [0.29, 0.717) is 17.5 Å². The van der Waals surface area contributed by atoms with Crippen LogP contribution >= 0.6 is 0 Å². The molecule has 0 N–H and O–H groups in total. The maximum Gasteiger partial charge on any atom is 0.168 e. The van der Waals surface area contributed by atoms with Crippen molar-refractivity contribution in [3.05, 3.63) is 241 Å². The van der Waals surface area contributed by atoms with E-state index in [2.05, 4.69) is 211 Å². The Morgan fingerprint density at radius 3 is 1.79 bits per heavy atom. The largest absolute Gasteiger partial charge is 0.455 e. The van der Waals surface area contributed by atoms with Crippen LogP contribution in [-0.4, -0.2) is 19.5 Å². The molecule has 0 amide bonds. The van der Waals surface area contributed by atoms with Gasteiger partial charge in [0, 0.05) is 44.3 Å². The Labute approximate surface area is 385 Å². The van der Waals surface area contributed by atoms with Gasteiger partial charge in [-0.15, -0.1) is 0 Å². The minimum atomic E-state index is -0.116. The molecule has 13 aromatic rings. The average Bonchev–Trinajstić information content (AvgIpc) is 4.05. The first-order valence-corrected chi connectivity index (χ1v) is 22.8. The van der Waals surface area contributed by atoms with Crippen molar-refractivity contribution in [3.8, 4) is 62.1 Å². The topological polar surface area (TPSA) is 56.7 Å². The fraction of sp³-hybridized carbons (Fsp3) is 0.0161. The van der Waals surface area contributed by atoms with Gasteiger partial charge < -0.3 is 8.98 Å². The van der Waals surface area contributed by atoms with Gasteiger partial charge >= 0.3 is 0 Å². The lowest BCUT2D eigenvalue weighted by Gasteiger charge is -2.19. The van der Waals surface area contributed by atoms with E-state index in [9.17, 15) is 0 Å². The predicted molar refractivity (Wildman–Crippen MR) is 274 cm³/mol. The molecule has 1 aliphatic carbocycles. The summed E-state index contributed by atoms with van der Waals surface area (Å²) in [5.41, 5.74) is 15.9. The molecule has 1 atom stereocenters. The molecule has 0 spiro atoms. The molecule has 0 fully saturated rings. The first-order chi connectivity index (χ1) is 33.2. The first-order valence-electron chi connectivity index (χ1n) is 22.8. The second kappa shape index (κ2) is 14.8.